The van der Waals surface area contributed by atoms with Crippen LogP contribution in [-0.2, 0) is 17.8 Å². The van der Waals surface area contributed by atoms with Gasteiger partial charge in [0.2, 0.25) is 5.91 Å². The highest BCUT2D eigenvalue weighted by molar-refractivity contribution is 5.78. The van der Waals surface area contributed by atoms with Gasteiger partial charge in [-0.1, -0.05) is 18.2 Å². The lowest BCUT2D eigenvalue weighted by atomic mass is 10.1. The highest BCUT2D eigenvalue weighted by Gasteiger charge is 2.09. The number of hydrogen-bond donors (Lipinski definition) is 1. The van der Waals surface area contributed by atoms with Crippen LogP contribution in [0.3, 0.4) is 0 Å². The first-order valence-corrected chi connectivity index (χ1v) is 7.46. The van der Waals surface area contributed by atoms with E-state index in [1.807, 2.05) is 0 Å². The zero-order valence-electron chi connectivity index (χ0n) is 12.8. The molecule has 0 atom stereocenters. The molecule has 3 nitrogen and oxygen atoms in total. The minimum atomic E-state index is -0.399. The summed E-state index contributed by atoms with van der Waals surface area (Å²) < 4.78 is 32.0. The van der Waals surface area contributed by atoms with E-state index >= 15 is 0 Å². The molecule has 3 rings (SSSR count). The van der Waals surface area contributed by atoms with Crippen LogP contribution in [0.15, 0.2) is 65.1 Å². The van der Waals surface area contributed by atoms with Gasteiger partial charge < -0.3 is 9.73 Å². The monoisotopic (exact) mass is 327 g/mol. The number of hydrogen-bond acceptors (Lipinski definition) is 2. The molecule has 0 aliphatic rings. The third-order valence-electron chi connectivity index (χ3n) is 3.56. The predicted octanol–water partition coefficient (Wildman–Crippen LogP) is 4.08. The van der Waals surface area contributed by atoms with Gasteiger partial charge in [-0.3, -0.25) is 4.79 Å². The van der Waals surface area contributed by atoms with Gasteiger partial charge in [0.15, 0.2) is 0 Å². The van der Waals surface area contributed by atoms with E-state index in [0.717, 1.165) is 5.56 Å². The normalized spacial score (nSPS) is 10.6. The SMILES string of the molecule is O=C(Cc1ccccc1F)NCc1ccc(-c2ccc(F)cc2)o1. The molecular weight excluding hydrogens is 312 g/mol. The standard InChI is InChI=1S/C19H15F2NO2/c20-15-7-5-13(6-8-15)18-10-9-16(24-18)12-22-19(23)11-14-3-1-2-4-17(14)21/h1-10H,11-12H2,(H,22,23). The summed E-state index contributed by atoms with van der Waals surface area (Å²) in [5.41, 5.74) is 1.10. The molecule has 1 amide bonds. The lowest BCUT2D eigenvalue weighted by Crippen LogP contribution is -2.24. The van der Waals surface area contributed by atoms with Crippen LogP contribution in [0.1, 0.15) is 11.3 Å². The zero-order valence-corrected chi connectivity index (χ0v) is 12.8. The number of amides is 1. The van der Waals surface area contributed by atoms with E-state index in [1.54, 1.807) is 42.5 Å². The first kappa shape index (κ1) is 15.9. The molecule has 3 aromatic rings. The molecule has 1 N–H and O–H groups in total. The van der Waals surface area contributed by atoms with Crippen LogP contribution in [0.4, 0.5) is 8.78 Å². The number of rotatable bonds is 5. The number of benzene rings is 2. The van der Waals surface area contributed by atoms with E-state index in [-0.39, 0.29) is 24.7 Å². The molecule has 122 valence electrons. The topological polar surface area (TPSA) is 42.2 Å². The fourth-order valence-corrected chi connectivity index (χ4v) is 2.31. The third kappa shape index (κ3) is 3.87. The van der Waals surface area contributed by atoms with Crippen LogP contribution in [0.5, 0.6) is 0 Å². The molecule has 2 aromatic carbocycles. The van der Waals surface area contributed by atoms with Gasteiger partial charge in [0.1, 0.15) is 23.2 Å². The Morgan fingerprint density at radius 2 is 1.71 bits per heavy atom. The molecule has 1 aromatic heterocycles. The van der Waals surface area contributed by atoms with Gasteiger partial charge in [0, 0.05) is 5.56 Å². The van der Waals surface area contributed by atoms with Crippen molar-refractivity contribution >= 4 is 5.91 Å². The minimum Gasteiger partial charge on any atom is -0.459 e. The Bertz CT molecular complexity index is 841. The molecule has 5 heteroatoms. The lowest BCUT2D eigenvalue weighted by Gasteiger charge is -2.04. The number of furan rings is 1. The van der Waals surface area contributed by atoms with Crippen molar-refractivity contribution in [2.75, 3.05) is 0 Å². The molecule has 24 heavy (non-hydrogen) atoms. The van der Waals surface area contributed by atoms with Crippen LogP contribution in [0.25, 0.3) is 11.3 Å². The second-order valence-corrected chi connectivity index (χ2v) is 5.32. The molecule has 0 saturated carbocycles. The van der Waals surface area contributed by atoms with E-state index in [9.17, 15) is 13.6 Å². The largest absolute Gasteiger partial charge is 0.459 e. The fourth-order valence-electron chi connectivity index (χ4n) is 2.31. The average Bonchev–Trinajstić information content (AvgIpc) is 3.05. The van der Waals surface area contributed by atoms with Crippen LogP contribution < -0.4 is 5.32 Å². The van der Waals surface area contributed by atoms with Crippen molar-refractivity contribution in [3.63, 3.8) is 0 Å². The van der Waals surface area contributed by atoms with Gasteiger partial charge in [-0.25, -0.2) is 8.78 Å². The Kier molecular flexibility index (Phi) is 4.70. The average molecular weight is 327 g/mol. The summed E-state index contributed by atoms with van der Waals surface area (Å²) in [6.07, 6.45) is -0.0296. The second kappa shape index (κ2) is 7.08. The van der Waals surface area contributed by atoms with Gasteiger partial charge in [0.05, 0.1) is 13.0 Å². The summed E-state index contributed by atoms with van der Waals surface area (Å²) >= 11 is 0. The smallest absolute Gasteiger partial charge is 0.224 e. The Morgan fingerprint density at radius 1 is 0.958 bits per heavy atom. The maximum atomic E-state index is 13.5. The van der Waals surface area contributed by atoms with Crippen molar-refractivity contribution in [2.24, 2.45) is 0 Å². The molecule has 0 bridgehead atoms. The Labute approximate surface area is 137 Å². The quantitative estimate of drug-likeness (QED) is 0.767. The van der Waals surface area contributed by atoms with Crippen LogP contribution in [-0.4, -0.2) is 5.91 Å². The number of carbonyl (C=O) groups is 1. The molecule has 1 heterocycles. The molecule has 0 fully saturated rings. The van der Waals surface area contributed by atoms with E-state index in [2.05, 4.69) is 5.32 Å². The van der Waals surface area contributed by atoms with E-state index in [1.165, 1.54) is 18.2 Å². The van der Waals surface area contributed by atoms with Gasteiger partial charge >= 0.3 is 0 Å². The van der Waals surface area contributed by atoms with Crippen LogP contribution in [0.2, 0.25) is 0 Å². The predicted molar refractivity (Wildman–Crippen MR) is 86.1 cm³/mol. The highest BCUT2D eigenvalue weighted by Crippen LogP contribution is 2.22. The lowest BCUT2D eigenvalue weighted by molar-refractivity contribution is -0.120. The minimum absolute atomic E-state index is 0.0296. The van der Waals surface area contributed by atoms with Crippen molar-refractivity contribution in [1.29, 1.82) is 0 Å². The molecule has 0 radical (unpaired) electrons. The second-order valence-electron chi connectivity index (χ2n) is 5.32. The summed E-state index contributed by atoms with van der Waals surface area (Å²) in [4.78, 5) is 11.9. The Morgan fingerprint density at radius 3 is 2.46 bits per heavy atom. The van der Waals surface area contributed by atoms with Crippen molar-refractivity contribution in [3.05, 3.63) is 83.6 Å². The summed E-state index contributed by atoms with van der Waals surface area (Å²) in [6, 6.07) is 15.6. The zero-order chi connectivity index (χ0) is 16.9. The van der Waals surface area contributed by atoms with Gasteiger partial charge in [-0.05, 0) is 48.0 Å². The number of carbonyl (C=O) groups excluding carboxylic acids is 1. The first-order valence-electron chi connectivity index (χ1n) is 7.46. The van der Waals surface area contributed by atoms with Gasteiger partial charge in [-0.2, -0.15) is 0 Å². The summed E-state index contributed by atoms with van der Waals surface area (Å²) in [5.74, 6) is 0.152. The number of nitrogens with one attached hydrogen (secondary N) is 1. The third-order valence-corrected chi connectivity index (χ3v) is 3.56. The molecule has 0 saturated heterocycles. The molecule has 0 aliphatic heterocycles. The maximum Gasteiger partial charge on any atom is 0.224 e. The van der Waals surface area contributed by atoms with Gasteiger partial charge in [-0.15, -0.1) is 0 Å². The Balaban J connectivity index is 1.58. The van der Waals surface area contributed by atoms with E-state index in [4.69, 9.17) is 4.42 Å². The van der Waals surface area contributed by atoms with Gasteiger partial charge in [0.25, 0.3) is 0 Å². The van der Waals surface area contributed by atoms with E-state index in [0.29, 0.717) is 17.1 Å². The van der Waals surface area contributed by atoms with Crippen molar-refractivity contribution in [2.45, 2.75) is 13.0 Å². The highest BCUT2D eigenvalue weighted by atomic mass is 19.1. The molecule has 0 spiro atoms. The van der Waals surface area contributed by atoms with Crippen molar-refractivity contribution in [3.8, 4) is 11.3 Å². The van der Waals surface area contributed by atoms with E-state index < -0.39 is 5.82 Å². The van der Waals surface area contributed by atoms with Crippen molar-refractivity contribution < 1.29 is 18.0 Å². The van der Waals surface area contributed by atoms with Crippen LogP contribution >= 0.6 is 0 Å². The summed E-state index contributed by atoms with van der Waals surface area (Å²) in [6.45, 7) is 0.203. The summed E-state index contributed by atoms with van der Waals surface area (Å²) in [7, 11) is 0. The van der Waals surface area contributed by atoms with Crippen molar-refractivity contribution in [1.82, 2.24) is 5.32 Å². The molecule has 0 unspecified atom stereocenters. The molecular formula is C19H15F2NO2. The maximum absolute atomic E-state index is 13.5. The fraction of sp³-hybridized carbons (Fsp3) is 0.105. The Hall–Kier alpha value is -2.95. The summed E-state index contributed by atoms with van der Waals surface area (Å²) in [5, 5.41) is 2.69. The first-order chi connectivity index (χ1) is 11.6. The van der Waals surface area contributed by atoms with Crippen LogP contribution in [0, 0.1) is 11.6 Å². The molecule has 0 aliphatic carbocycles. The number of halogens is 2.